The lowest BCUT2D eigenvalue weighted by atomic mass is 10.2. The molecule has 0 aliphatic heterocycles. The quantitative estimate of drug-likeness (QED) is 0.905. The number of methoxy groups -OCH3 is 1. The van der Waals surface area contributed by atoms with Crippen LogP contribution in [0.3, 0.4) is 0 Å². The Hall–Kier alpha value is -2.43. The standard InChI is InChI=1S/C14H15N3O2/c1-10-7-16-12(9-15-10)14(18)17-8-11-5-3-4-6-13(11)19-2/h3-7,9H,8H2,1-2H3,(H,17,18). The fraction of sp³-hybridized carbons (Fsp3) is 0.214. The van der Waals surface area contributed by atoms with Crippen molar-refractivity contribution in [3.05, 3.63) is 53.6 Å². The van der Waals surface area contributed by atoms with Crippen LogP contribution in [0, 0.1) is 6.92 Å². The lowest BCUT2D eigenvalue weighted by Gasteiger charge is -2.09. The number of benzene rings is 1. The minimum Gasteiger partial charge on any atom is -0.496 e. The minimum absolute atomic E-state index is 0.251. The molecule has 1 heterocycles. The fourth-order valence-corrected chi connectivity index (χ4v) is 1.62. The lowest BCUT2D eigenvalue weighted by Crippen LogP contribution is -2.24. The molecule has 0 fully saturated rings. The molecule has 0 aliphatic rings. The number of hydrogen-bond donors (Lipinski definition) is 1. The van der Waals surface area contributed by atoms with Crippen LogP contribution in [-0.2, 0) is 6.54 Å². The van der Waals surface area contributed by atoms with Gasteiger partial charge in [-0.1, -0.05) is 18.2 Å². The summed E-state index contributed by atoms with van der Waals surface area (Å²) in [5.74, 6) is 0.496. The van der Waals surface area contributed by atoms with E-state index in [4.69, 9.17) is 4.74 Å². The van der Waals surface area contributed by atoms with Crippen molar-refractivity contribution in [2.45, 2.75) is 13.5 Å². The fourth-order valence-electron chi connectivity index (χ4n) is 1.62. The highest BCUT2D eigenvalue weighted by Gasteiger charge is 2.08. The molecule has 0 saturated carbocycles. The first-order chi connectivity index (χ1) is 9.20. The van der Waals surface area contributed by atoms with Crippen LogP contribution in [0.4, 0.5) is 0 Å². The van der Waals surface area contributed by atoms with Gasteiger partial charge < -0.3 is 10.1 Å². The first-order valence-electron chi connectivity index (χ1n) is 5.89. The van der Waals surface area contributed by atoms with Crippen molar-refractivity contribution < 1.29 is 9.53 Å². The van der Waals surface area contributed by atoms with Crippen LogP contribution in [0.5, 0.6) is 5.75 Å². The first kappa shape index (κ1) is 13.0. The van der Waals surface area contributed by atoms with E-state index in [-0.39, 0.29) is 5.91 Å². The summed E-state index contributed by atoms with van der Waals surface area (Å²) in [5.41, 5.74) is 2.00. The number of carbonyl (C=O) groups excluding carboxylic acids is 1. The van der Waals surface area contributed by atoms with Gasteiger partial charge in [-0.05, 0) is 13.0 Å². The zero-order valence-electron chi connectivity index (χ0n) is 10.9. The van der Waals surface area contributed by atoms with Gasteiger partial charge in [0.25, 0.3) is 5.91 Å². The van der Waals surface area contributed by atoms with Gasteiger partial charge in [-0.3, -0.25) is 9.78 Å². The van der Waals surface area contributed by atoms with Crippen LogP contribution in [0.1, 0.15) is 21.7 Å². The lowest BCUT2D eigenvalue weighted by molar-refractivity contribution is 0.0945. The molecule has 1 aromatic carbocycles. The maximum atomic E-state index is 11.9. The van der Waals surface area contributed by atoms with Gasteiger partial charge >= 0.3 is 0 Å². The molecule has 0 unspecified atom stereocenters. The number of rotatable bonds is 4. The summed E-state index contributed by atoms with van der Waals surface area (Å²) in [5, 5.41) is 2.79. The highest BCUT2D eigenvalue weighted by atomic mass is 16.5. The van der Waals surface area contributed by atoms with Crippen LogP contribution in [0.25, 0.3) is 0 Å². The highest BCUT2D eigenvalue weighted by molar-refractivity contribution is 5.91. The van der Waals surface area contributed by atoms with Crippen molar-refractivity contribution in [3.8, 4) is 5.75 Å². The van der Waals surface area contributed by atoms with E-state index >= 15 is 0 Å². The number of carbonyl (C=O) groups is 1. The third kappa shape index (κ3) is 3.28. The predicted octanol–water partition coefficient (Wildman–Crippen LogP) is 1.72. The minimum atomic E-state index is -0.251. The number of nitrogens with zero attached hydrogens (tertiary/aromatic N) is 2. The largest absolute Gasteiger partial charge is 0.496 e. The summed E-state index contributed by atoms with van der Waals surface area (Å²) < 4.78 is 5.22. The molecule has 0 aliphatic carbocycles. The molecule has 5 heteroatoms. The van der Waals surface area contributed by atoms with Crippen molar-refractivity contribution in [2.24, 2.45) is 0 Å². The second-order valence-corrected chi connectivity index (χ2v) is 4.04. The molecule has 98 valence electrons. The molecule has 0 radical (unpaired) electrons. The smallest absolute Gasteiger partial charge is 0.271 e. The Kier molecular flexibility index (Phi) is 4.07. The summed E-state index contributed by atoms with van der Waals surface area (Å²) in [4.78, 5) is 19.9. The molecule has 0 spiro atoms. The molecule has 0 atom stereocenters. The van der Waals surface area contributed by atoms with Gasteiger partial charge in [-0.25, -0.2) is 4.98 Å². The van der Waals surface area contributed by atoms with Crippen LogP contribution < -0.4 is 10.1 Å². The van der Waals surface area contributed by atoms with Crippen LogP contribution in [0.15, 0.2) is 36.7 Å². The molecule has 19 heavy (non-hydrogen) atoms. The molecule has 1 amide bonds. The number of nitrogens with one attached hydrogen (secondary N) is 1. The van der Waals surface area contributed by atoms with Crippen molar-refractivity contribution in [2.75, 3.05) is 7.11 Å². The molecule has 2 aromatic rings. The van der Waals surface area contributed by atoms with E-state index in [1.54, 1.807) is 13.3 Å². The maximum Gasteiger partial charge on any atom is 0.271 e. The number of ether oxygens (including phenoxy) is 1. The summed E-state index contributed by atoms with van der Waals surface area (Å²) in [6.07, 6.45) is 3.03. The second-order valence-electron chi connectivity index (χ2n) is 4.04. The van der Waals surface area contributed by atoms with Gasteiger partial charge in [0.2, 0.25) is 0 Å². The number of aromatic nitrogens is 2. The van der Waals surface area contributed by atoms with Crippen LogP contribution in [0.2, 0.25) is 0 Å². The van der Waals surface area contributed by atoms with Crippen LogP contribution >= 0.6 is 0 Å². The molecule has 1 N–H and O–H groups in total. The highest BCUT2D eigenvalue weighted by Crippen LogP contribution is 2.16. The van der Waals surface area contributed by atoms with Gasteiger partial charge in [0, 0.05) is 18.3 Å². The van der Waals surface area contributed by atoms with E-state index in [0.29, 0.717) is 12.2 Å². The van der Waals surface area contributed by atoms with E-state index in [0.717, 1.165) is 17.0 Å². The van der Waals surface area contributed by atoms with E-state index in [2.05, 4.69) is 15.3 Å². The number of amides is 1. The third-order valence-electron chi connectivity index (χ3n) is 2.65. The van der Waals surface area contributed by atoms with E-state index in [1.807, 2.05) is 31.2 Å². The zero-order chi connectivity index (χ0) is 13.7. The van der Waals surface area contributed by atoms with Gasteiger partial charge in [0.15, 0.2) is 0 Å². The summed E-state index contributed by atoms with van der Waals surface area (Å²) in [6.45, 7) is 2.21. The average molecular weight is 257 g/mol. The zero-order valence-corrected chi connectivity index (χ0v) is 10.9. The SMILES string of the molecule is COc1ccccc1CNC(=O)c1cnc(C)cn1. The molecule has 0 bridgehead atoms. The van der Waals surface area contributed by atoms with Crippen LogP contribution in [-0.4, -0.2) is 23.0 Å². The average Bonchev–Trinajstić information content (AvgIpc) is 2.45. The molecule has 0 saturated heterocycles. The normalized spacial score (nSPS) is 10.0. The van der Waals surface area contributed by atoms with Crippen molar-refractivity contribution in [1.82, 2.24) is 15.3 Å². The van der Waals surface area contributed by atoms with Gasteiger partial charge in [0.1, 0.15) is 11.4 Å². The Bertz CT molecular complexity index is 567. The topological polar surface area (TPSA) is 64.1 Å². The molecular formula is C14H15N3O2. The van der Waals surface area contributed by atoms with Crippen molar-refractivity contribution in [3.63, 3.8) is 0 Å². The maximum absolute atomic E-state index is 11.9. The number of hydrogen-bond acceptors (Lipinski definition) is 4. The van der Waals surface area contributed by atoms with E-state index in [9.17, 15) is 4.79 Å². The first-order valence-corrected chi connectivity index (χ1v) is 5.89. The van der Waals surface area contributed by atoms with Gasteiger partial charge in [-0.2, -0.15) is 0 Å². The van der Waals surface area contributed by atoms with Gasteiger partial charge in [0.05, 0.1) is 19.0 Å². The third-order valence-corrected chi connectivity index (χ3v) is 2.65. The number of para-hydroxylation sites is 1. The number of aryl methyl sites for hydroxylation is 1. The Labute approximate surface area is 111 Å². The van der Waals surface area contributed by atoms with E-state index in [1.165, 1.54) is 6.20 Å². The van der Waals surface area contributed by atoms with E-state index < -0.39 is 0 Å². The Balaban J connectivity index is 2.02. The predicted molar refractivity (Wildman–Crippen MR) is 70.9 cm³/mol. The Morgan fingerprint density at radius 3 is 2.74 bits per heavy atom. The van der Waals surface area contributed by atoms with Crippen molar-refractivity contribution in [1.29, 1.82) is 0 Å². The molecule has 5 nitrogen and oxygen atoms in total. The Morgan fingerprint density at radius 2 is 2.05 bits per heavy atom. The molecular weight excluding hydrogens is 242 g/mol. The summed E-state index contributed by atoms with van der Waals surface area (Å²) in [7, 11) is 1.60. The molecule has 1 aromatic heterocycles. The van der Waals surface area contributed by atoms with Crippen molar-refractivity contribution >= 4 is 5.91 Å². The molecule has 2 rings (SSSR count). The monoisotopic (exact) mass is 257 g/mol. The summed E-state index contributed by atoms with van der Waals surface area (Å²) >= 11 is 0. The Morgan fingerprint density at radius 1 is 1.26 bits per heavy atom. The van der Waals surface area contributed by atoms with Gasteiger partial charge in [-0.15, -0.1) is 0 Å². The summed E-state index contributed by atoms with van der Waals surface area (Å²) in [6, 6.07) is 7.54. The second kappa shape index (κ2) is 5.95.